The van der Waals surface area contributed by atoms with Gasteiger partial charge in [0, 0.05) is 35.2 Å². The van der Waals surface area contributed by atoms with Crippen molar-refractivity contribution < 1.29 is 28.9 Å². The minimum Gasteiger partial charge on any atom is -0.453 e. The van der Waals surface area contributed by atoms with Crippen LogP contribution in [0.3, 0.4) is 0 Å². The van der Waals surface area contributed by atoms with Crippen molar-refractivity contribution >= 4 is 29.3 Å². The Morgan fingerprint density at radius 3 is 2.32 bits per heavy atom. The molecule has 3 aromatic carbocycles. The lowest BCUT2D eigenvalue weighted by molar-refractivity contribution is -0.245. The number of esters is 1. The fourth-order valence-corrected chi connectivity index (χ4v) is 4.94. The average Bonchev–Trinajstić information content (AvgIpc) is 2.92. The molecule has 0 aromatic heterocycles. The summed E-state index contributed by atoms with van der Waals surface area (Å²) in [7, 11) is 0. The quantitative estimate of drug-likeness (QED) is 0.287. The first-order chi connectivity index (χ1) is 17.9. The second-order valence-corrected chi connectivity index (χ2v) is 9.93. The number of thioether (sulfide) groups is 1. The van der Waals surface area contributed by atoms with E-state index in [1.165, 1.54) is 18.7 Å². The van der Waals surface area contributed by atoms with Crippen LogP contribution in [0.15, 0.2) is 83.8 Å². The van der Waals surface area contributed by atoms with Crippen LogP contribution >= 0.6 is 11.8 Å². The van der Waals surface area contributed by atoms with Gasteiger partial charge in [-0.15, -0.1) is 11.8 Å². The summed E-state index contributed by atoms with van der Waals surface area (Å²) in [5.74, 6) is -0.139. The molecule has 4 rings (SSSR count). The van der Waals surface area contributed by atoms with Crippen LogP contribution in [0.25, 0.3) is 0 Å². The summed E-state index contributed by atoms with van der Waals surface area (Å²) < 4.78 is 17.7. The van der Waals surface area contributed by atoms with Gasteiger partial charge in [-0.1, -0.05) is 54.6 Å². The molecule has 194 valence electrons. The topological polar surface area (TPSA) is 94.1 Å². The maximum Gasteiger partial charge on any atom is 0.303 e. The molecule has 4 atom stereocenters. The van der Waals surface area contributed by atoms with Crippen molar-refractivity contribution in [2.75, 3.05) is 11.1 Å². The molecule has 1 fully saturated rings. The molecule has 2 N–H and O–H groups in total. The maximum atomic E-state index is 12.3. The zero-order chi connectivity index (χ0) is 26.2. The molecule has 4 unspecified atom stereocenters. The molecule has 0 radical (unpaired) electrons. The molecule has 0 spiro atoms. The number of anilines is 1. The van der Waals surface area contributed by atoms with Crippen molar-refractivity contribution in [2.24, 2.45) is 0 Å². The summed E-state index contributed by atoms with van der Waals surface area (Å²) >= 11 is 1.75. The van der Waals surface area contributed by atoms with Crippen LogP contribution in [0.5, 0.6) is 0 Å². The lowest BCUT2D eigenvalue weighted by Crippen LogP contribution is -2.31. The monoisotopic (exact) mass is 521 g/mol. The molecule has 7 nitrogen and oxygen atoms in total. The van der Waals surface area contributed by atoms with E-state index in [1.54, 1.807) is 23.9 Å². The smallest absolute Gasteiger partial charge is 0.303 e. The van der Waals surface area contributed by atoms with Gasteiger partial charge in [0.05, 0.1) is 18.8 Å². The van der Waals surface area contributed by atoms with E-state index >= 15 is 0 Å². The summed E-state index contributed by atoms with van der Waals surface area (Å²) in [6.45, 7) is 2.79. The average molecular weight is 522 g/mol. The van der Waals surface area contributed by atoms with Gasteiger partial charge in [-0.2, -0.15) is 0 Å². The van der Waals surface area contributed by atoms with Crippen molar-refractivity contribution in [2.45, 2.75) is 56.4 Å². The SMILES string of the molecule is CC(=O)OC(C)C(=O)Nc1ccc(C2OC(CSc3ccccc3)CC(c3ccc(CO)cc3)O2)cc1. The van der Waals surface area contributed by atoms with Crippen molar-refractivity contribution in [1.82, 2.24) is 0 Å². The molecule has 3 aromatic rings. The van der Waals surface area contributed by atoms with Crippen LogP contribution < -0.4 is 5.32 Å². The normalized spacial score (nSPS) is 20.1. The highest BCUT2D eigenvalue weighted by atomic mass is 32.2. The third-order valence-corrected chi connectivity index (χ3v) is 7.10. The van der Waals surface area contributed by atoms with Gasteiger partial charge in [-0.3, -0.25) is 9.59 Å². The number of benzene rings is 3. The van der Waals surface area contributed by atoms with Crippen LogP contribution in [0.4, 0.5) is 5.69 Å². The van der Waals surface area contributed by atoms with Crippen molar-refractivity contribution in [3.05, 3.63) is 95.6 Å². The third kappa shape index (κ3) is 7.66. The molecule has 37 heavy (non-hydrogen) atoms. The molecule has 0 bridgehead atoms. The number of rotatable bonds is 9. The van der Waals surface area contributed by atoms with E-state index in [1.807, 2.05) is 54.6 Å². The second-order valence-electron chi connectivity index (χ2n) is 8.84. The largest absolute Gasteiger partial charge is 0.453 e. The van der Waals surface area contributed by atoms with Crippen LogP contribution in [0.1, 0.15) is 49.4 Å². The molecular weight excluding hydrogens is 490 g/mol. The highest BCUT2D eigenvalue weighted by Crippen LogP contribution is 2.39. The standard InChI is InChI=1S/C29H31NO6S/c1-19(34-20(2)32)28(33)30-24-14-12-23(13-15-24)29-35-25(18-37-26-6-4-3-5-7-26)16-27(36-29)22-10-8-21(17-31)9-11-22/h3-15,19,25,27,29,31H,16-18H2,1-2H3,(H,30,33). The molecule has 1 saturated heterocycles. The Hall–Kier alpha value is -3.17. The first-order valence-electron chi connectivity index (χ1n) is 12.2. The summed E-state index contributed by atoms with van der Waals surface area (Å²) in [6, 6.07) is 25.3. The van der Waals surface area contributed by atoms with Crippen molar-refractivity contribution in [1.29, 1.82) is 0 Å². The Bertz CT molecular complexity index is 1170. The van der Waals surface area contributed by atoms with Gasteiger partial charge >= 0.3 is 5.97 Å². The summed E-state index contributed by atoms with van der Waals surface area (Å²) in [6.07, 6.45) is -0.977. The second kappa shape index (κ2) is 12.9. The molecule has 1 heterocycles. The van der Waals surface area contributed by atoms with Crippen LogP contribution in [-0.4, -0.2) is 34.9 Å². The maximum absolute atomic E-state index is 12.3. The van der Waals surface area contributed by atoms with Crippen molar-refractivity contribution in [3.63, 3.8) is 0 Å². The van der Waals surface area contributed by atoms with E-state index < -0.39 is 24.3 Å². The molecule has 8 heteroatoms. The molecule has 0 aliphatic carbocycles. The number of nitrogens with one attached hydrogen (secondary N) is 1. The summed E-state index contributed by atoms with van der Waals surface area (Å²) in [5, 5.41) is 12.1. The van der Waals surface area contributed by atoms with Gasteiger partial charge in [0.25, 0.3) is 5.91 Å². The zero-order valence-electron chi connectivity index (χ0n) is 20.8. The predicted octanol–water partition coefficient (Wildman–Crippen LogP) is 5.41. The predicted molar refractivity (Wildman–Crippen MR) is 142 cm³/mol. The molecular formula is C29H31NO6S. The van der Waals surface area contributed by atoms with Gasteiger partial charge < -0.3 is 24.6 Å². The van der Waals surface area contributed by atoms with Crippen LogP contribution in [-0.2, 0) is 30.4 Å². The Kier molecular flexibility index (Phi) is 9.35. The van der Waals surface area contributed by atoms with E-state index in [0.717, 1.165) is 22.4 Å². The number of amides is 1. The van der Waals surface area contributed by atoms with E-state index in [-0.39, 0.29) is 18.8 Å². The molecule has 1 aliphatic heterocycles. The van der Waals surface area contributed by atoms with Gasteiger partial charge in [0.2, 0.25) is 0 Å². The summed E-state index contributed by atoms with van der Waals surface area (Å²) in [4.78, 5) is 24.5. The van der Waals surface area contributed by atoms with Gasteiger partial charge in [0.1, 0.15) is 0 Å². The Morgan fingerprint density at radius 2 is 1.68 bits per heavy atom. The highest BCUT2D eigenvalue weighted by molar-refractivity contribution is 7.99. The molecule has 1 amide bonds. The van der Waals surface area contributed by atoms with Gasteiger partial charge in [-0.05, 0) is 42.3 Å². The van der Waals surface area contributed by atoms with E-state index in [9.17, 15) is 14.7 Å². The first kappa shape index (κ1) is 26.9. The lowest BCUT2D eigenvalue weighted by Gasteiger charge is -2.36. The van der Waals surface area contributed by atoms with Crippen molar-refractivity contribution in [3.8, 4) is 0 Å². The van der Waals surface area contributed by atoms with Crippen LogP contribution in [0, 0.1) is 0 Å². The lowest BCUT2D eigenvalue weighted by atomic mass is 10.0. The first-order valence-corrected chi connectivity index (χ1v) is 13.2. The summed E-state index contributed by atoms with van der Waals surface area (Å²) in [5.41, 5.74) is 3.29. The Morgan fingerprint density at radius 1 is 1.00 bits per heavy atom. The highest BCUT2D eigenvalue weighted by Gasteiger charge is 2.32. The van der Waals surface area contributed by atoms with Crippen LogP contribution in [0.2, 0.25) is 0 Å². The number of aliphatic hydroxyl groups excluding tert-OH is 1. The molecule has 1 aliphatic rings. The third-order valence-electron chi connectivity index (χ3n) is 5.96. The molecule has 0 saturated carbocycles. The number of hydrogen-bond acceptors (Lipinski definition) is 7. The number of carbonyl (C=O) groups is 2. The number of hydrogen-bond donors (Lipinski definition) is 2. The Balaban J connectivity index is 1.47. The Labute approximate surface area is 221 Å². The number of carbonyl (C=O) groups excluding carboxylic acids is 2. The zero-order valence-corrected chi connectivity index (χ0v) is 21.6. The number of aliphatic hydroxyl groups is 1. The minimum absolute atomic E-state index is 0.00355. The van der Waals surface area contributed by atoms with E-state index in [4.69, 9.17) is 14.2 Å². The minimum atomic E-state index is -0.886. The fourth-order valence-electron chi connectivity index (χ4n) is 4.00. The van der Waals surface area contributed by atoms with Gasteiger partial charge in [0.15, 0.2) is 12.4 Å². The fraction of sp³-hybridized carbons (Fsp3) is 0.310. The number of ether oxygens (including phenoxy) is 3. The van der Waals surface area contributed by atoms with E-state index in [0.29, 0.717) is 12.1 Å². The van der Waals surface area contributed by atoms with Gasteiger partial charge in [-0.25, -0.2) is 0 Å². The van der Waals surface area contributed by atoms with E-state index in [2.05, 4.69) is 17.4 Å².